The highest BCUT2D eigenvalue weighted by atomic mass is 32.1. The molecule has 2 rings (SSSR count). The summed E-state index contributed by atoms with van der Waals surface area (Å²) in [7, 11) is 0. The zero-order valence-corrected chi connectivity index (χ0v) is 9.29. The number of nitrogens with zero attached hydrogens (tertiary/aromatic N) is 1. The van der Waals surface area contributed by atoms with Crippen molar-refractivity contribution in [2.75, 3.05) is 11.4 Å². The fourth-order valence-electron chi connectivity index (χ4n) is 1.41. The number of para-hydroxylation sites is 1. The molecule has 1 heterocycles. The molecule has 0 aliphatic carbocycles. The summed E-state index contributed by atoms with van der Waals surface area (Å²) in [6.07, 6.45) is -1.69. The fraction of sp³-hybridized carbons (Fsp3) is 0.200. The highest BCUT2D eigenvalue weighted by Crippen LogP contribution is 2.20. The first-order valence-electron chi connectivity index (χ1n) is 4.44. The number of amides is 1. The van der Waals surface area contributed by atoms with Crippen LogP contribution in [0.1, 0.15) is 0 Å². The topological polar surface area (TPSA) is 66.8 Å². The molecule has 0 aromatic heterocycles. The third-order valence-corrected chi connectivity index (χ3v) is 2.16. The average Bonchev–Trinajstić information content (AvgIpc) is 2.62. The van der Waals surface area contributed by atoms with E-state index in [4.69, 9.17) is 5.11 Å². The van der Waals surface area contributed by atoms with Crippen molar-refractivity contribution in [3.05, 3.63) is 30.3 Å². The van der Waals surface area contributed by atoms with Crippen molar-refractivity contribution < 1.29 is 19.4 Å². The molecule has 16 heavy (non-hydrogen) atoms. The SMILES string of the molecule is O=C(O)[C@@H]1CN(c2ccccc2)C(=O)O1.S. The van der Waals surface area contributed by atoms with E-state index >= 15 is 0 Å². The minimum atomic E-state index is -1.12. The molecule has 1 aliphatic rings. The van der Waals surface area contributed by atoms with Crippen LogP contribution in [0.2, 0.25) is 0 Å². The van der Waals surface area contributed by atoms with Crippen LogP contribution in [0.15, 0.2) is 30.3 Å². The van der Waals surface area contributed by atoms with Gasteiger partial charge in [0.25, 0.3) is 0 Å². The van der Waals surface area contributed by atoms with Crippen molar-refractivity contribution in [3.8, 4) is 0 Å². The van der Waals surface area contributed by atoms with E-state index in [9.17, 15) is 9.59 Å². The number of hydrogen-bond acceptors (Lipinski definition) is 3. The first kappa shape index (κ1) is 12.4. The van der Waals surface area contributed by atoms with E-state index in [1.807, 2.05) is 6.07 Å². The van der Waals surface area contributed by atoms with Crippen LogP contribution in [0.5, 0.6) is 0 Å². The summed E-state index contributed by atoms with van der Waals surface area (Å²) >= 11 is 0. The van der Waals surface area contributed by atoms with Gasteiger partial charge in [-0.25, -0.2) is 9.59 Å². The number of carbonyl (C=O) groups excluding carboxylic acids is 1. The number of anilines is 1. The number of ether oxygens (including phenoxy) is 1. The lowest BCUT2D eigenvalue weighted by molar-refractivity contribution is -0.144. The van der Waals surface area contributed by atoms with Gasteiger partial charge in [0, 0.05) is 5.69 Å². The maximum atomic E-state index is 11.3. The number of carboxylic acids is 1. The van der Waals surface area contributed by atoms with E-state index in [-0.39, 0.29) is 20.0 Å². The third kappa shape index (κ3) is 2.27. The van der Waals surface area contributed by atoms with Gasteiger partial charge in [-0.15, -0.1) is 0 Å². The Balaban J connectivity index is 0.00000128. The number of rotatable bonds is 2. The zero-order chi connectivity index (χ0) is 10.8. The Morgan fingerprint density at radius 2 is 2.00 bits per heavy atom. The van der Waals surface area contributed by atoms with E-state index in [0.29, 0.717) is 5.69 Å². The molecule has 1 N–H and O–H groups in total. The van der Waals surface area contributed by atoms with Gasteiger partial charge in [-0.05, 0) is 12.1 Å². The van der Waals surface area contributed by atoms with Gasteiger partial charge in [-0.3, -0.25) is 4.90 Å². The highest BCUT2D eigenvalue weighted by molar-refractivity contribution is 7.59. The van der Waals surface area contributed by atoms with Crippen LogP contribution < -0.4 is 4.90 Å². The van der Waals surface area contributed by atoms with Crippen molar-refractivity contribution in [2.45, 2.75) is 6.10 Å². The van der Waals surface area contributed by atoms with Gasteiger partial charge in [0.2, 0.25) is 6.10 Å². The molecule has 0 spiro atoms. The molecule has 5 nitrogen and oxygen atoms in total. The molecular weight excluding hydrogens is 230 g/mol. The summed E-state index contributed by atoms with van der Waals surface area (Å²) in [5.74, 6) is -1.12. The molecule has 0 radical (unpaired) electrons. The number of hydrogen-bond donors (Lipinski definition) is 1. The van der Waals surface area contributed by atoms with Crippen LogP contribution in [-0.2, 0) is 9.53 Å². The standard InChI is InChI=1S/C10H9NO4.H2S/c12-9(13)8-6-11(10(14)15-8)7-4-2-1-3-5-7;/h1-5,8H,6H2,(H,12,13);1H2/t8-;/m0./s1. The summed E-state index contributed by atoms with van der Waals surface area (Å²) in [6, 6.07) is 8.82. The smallest absolute Gasteiger partial charge is 0.415 e. The van der Waals surface area contributed by atoms with Crippen LogP contribution in [0.3, 0.4) is 0 Å². The van der Waals surface area contributed by atoms with Crippen molar-refractivity contribution in [1.29, 1.82) is 0 Å². The van der Waals surface area contributed by atoms with Gasteiger partial charge in [-0.1, -0.05) is 18.2 Å². The number of carbonyl (C=O) groups is 2. The minimum absolute atomic E-state index is 0. The minimum Gasteiger partial charge on any atom is -0.478 e. The van der Waals surface area contributed by atoms with Crippen LogP contribution in [0, 0.1) is 0 Å². The molecule has 1 aliphatic heterocycles. The van der Waals surface area contributed by atoms with Gasteiger partial charge in [-0.2, -0.15) is 13.5 Å². The molecule has 1 aromatic carbocycles. The second-order valence-corrected chi connectivity index (χ2v) is 3.16. The summed E-state index contributed by atoms with van der Waals surface area (Å²) in [5, 5.41) is 8.69. The lowest BCUT2D eigenvalue weighted by Gasteiger charge is -2.11. The Kier molecular flexibility index (Phi) is 3.78. The maximum absolute atomic E-state index is 11.3. The lowest BCUT2D eigenvalue weighted by Crippen LogP contribution is -2.27. The summed E-state index contributed by atoms with van der Waals surface area (Å²) in [5.41, 5.74) is 0.645. The van der Waals surface area contributed by atoms with Gasteiger partial charge in [0.15, 0.2) is 0 Å². The largest absolute Gasteiger partial charge is 0.478 e. The van der Waals surface area contributed by atoms with Crippen LogP contribution in [-0.4, -0.2) is 29.8 Å². The number of benzene rings is 1. The normalized spacial score (nSPS) is 18.9. The average molecular weight is 241 g/mol. The Hall–Kier alpha value is -1.69. The van der Waals surface area contributed by atoms with E-state index in [1.54, 1.807) is 24.3 Å². The van der Waals surface area contributed by atoms with Gasteiger partial charge in [0.05, 0.1) is 6.54 Å². The predicted molar refractivity (Wildman–Crippen MR) is 62.1 cm³/mol. The molecule has 1 fully saturated rings. The third-order valence-electron chi connectivity index (χ3n) is 2.16. The van der Waals surface area contributed by atoms with Crippen LogP contribution in [0.4, 0.5) is 10.5 Å². The van der Waals surface area contributed by atoms with E-state index in [1.165, 1.54) is 4.90 Å². The highest BCUT2D eigenvalue weighted by Gasteiger charge is 2.36. The van der Waals surface area contributed by atoms with Gasteiger partial charge < -0.3 is 9.84 Å². The second-order valence-electron chi connectivity index (χ2n) is 3.16. The maximum Gasteiger partial charge on any atom is 0.415 e. The molecule has 0 bridgehead atoms. The molecule has 0 unspecified atom stereocenters. The fourth-order valence-corrected chi connectivity index (χ4v) is 1.41. The van der Waals surface area contributed by atoms with Gasteiger partial charge in [0.1, 0.15) is 0 Å². The van der Waals surface area contributed by atoms with Crippen molar-refractivity contribution in [2.24, 2.45) is 0 Å². The Labute approximate surface area is 99.1 Å². The number of carboxylic acid groups (broad SMARTS) is 1. The molecule has 1 aromatic rings. The monoisotopic (exact) mass is 241 g/mol. The molecule has 1 saturated heterocycles. The quantitative estimate of drug-likeness (QED) is 0.845. The first-order chi connectivity index (χ1) is 7.18. The lowest BCUT2D eigenvalue weighted by atomic mass is 10.3. The molecule has 86 valence electrons. The Bertz CT molecular complexity index is 395. The Morgan fingerprint density at radius 3 is 2.50 bits per heavy atom. The first-order valence-corrected chi connectivity index (χ1v) is 4.44. The van der Waals surface area contributed by atoms with Crippen molar-refractivity contribution >= 4 is 31.2 Å². The van der Waals surface area contributed by atoms with Crippen molar-refractivity contribution in [1.82, 2.24) is 0 Å². The number of aliphatic carboxylic acids is 1. The molecule has 1 atom stereocenters. The molecule has 1 amide bonds. The summed E-state index contributed by atoms with van der Waals surface area (Å²) < 4.78 is 4.68. The second kappa shape index (κ2) is 4.89. The number of cyclic esters (lactones) is 1. The molecule has 6 heteroatoms. The van der Waals surface area contributed by atoms with E-state index in [2.05, 4.69) is 4.74 Å². The van der Waals surface area contributed by atoms with Gasteiger partial charge >= 0.3 is 12.1 Å². The summed E-state index contributed by atoms with van der Waals surface area (Å²) in [4.78, 5) is 23.3. The van der Waals surface area contributed by atoms with E-state index in [0.717, 1.165) is 0 Å². The predicted octanol–water partition coefficient (Wildman–Crippen LogP) is 1.21. The summed E-state index contributed by atoms with van der Waals surface area (Å²) in [6.45, 7) is 0.0537. The van der Waals surface area contributed by atoms with E-state index < -0.39 is 18.2 Å². The van der Waals surface area contributed by atoms with Crippen LogP contribution >= 0.6 is 13.5 Å². The zero-order valence-electron chi connectivity index (χ0n) is 8.29. The Morgan fingerprint density at radius 1 is 1.38 bits per heavy atom. The van der Waals surface area contributed by atoms with Crippen molar-refractivity contribution in [3.63, 3.8) is 0 Å². The molecule has 0 saturated carbocycles. The molecular formula is C10H11NO4S. The van der Waals surface area contributed by atoms with Crippen LogP contribution in [0.25, 0.3) is 0 Å².